The van der Waals surface area contributed by atoms with Gasteiger partial charge in [0.1, 0.15) is 25.3 Å². The number of carbonyl (C=O) groups excluding carboxylic acids is 7. The normalized spacial score (nSPS) is 12.6. The van der Waals surface area contributed by atoms with Crippen LogP contribution < -0.4 is 16.0 Å². The fourth-order valence-electron chi connectivity index (χ4n) is 9.35. The molecule has 0 radical (unpaired) electrons. The van der Waals surface area contributed by atoms with E-state index in [9.17, 15) is 33.6 Å². The molecule has 0 fully saturated rings. The summed E-state index contributed by atoms with van der Waals surface area (Å²) in [6.07, 6.45) is 31.6. The van der Waals surface area contributed by atoms with E-state index in [1.54, 1.807) is 0 Å². The van der Waals surface area contributed by atoms with E-state index in [0.717, 1.165) is 116 Å². The topological polar surface area (TPSA) is 229 Å². The molecule has 0 aliphatic carbocycles. The predicted octanol–water partition coefficient (Wildman–Crippen LogP) is 13.5. The first-order valence-corrected chi connectivity index (χ1v) is 32.2. The van der Waals surface area contributed by atoms with E-state index in [0.29, 0.717) is 51.7 Å². The Morgan fingerprint density at radius 1 is 0.321 bits per heavy atom. The highest BCUT2D eigenvalue weighted by molar-refractivity contribution is 5.90. The highest BCUT2D eigenvalue weighted by atomic mass is 16.6. The zero-order valence-electron chi connectivity index (χ0n) is 52.0. The Balaban J connectivity index is 5.47. The van der Waals surface area contributed by atoms with E-state index in [1.807, 2.05) is 0 Å². The molecule has 4 atom stereocenters. The van der Waals surface area contributed by atoms with Crippen LogP contribution in [0.15, 0.2) is 0 Å². The molecule has 0 heterocycles. The smallest absolute Gasteiger partial charge is 0.407 e. The molecular weight excluding hydrogens is 1040 g/mol. The average molecular weight is 1160 g/mol. The van der Waals surface area contributed by atoms with Crippen molar-refractivity contribution in [2.45, 2.75) is 277 Å². The van der Waals surface area contributed by atoms with Crippen molar-refractivity contribution in [3.8, 4) is 0 Å². The van der Waals surface area contributed by atoms with Crippen LogP contribution in [-0.2, 0) is 61.9 Å². The lowest BCUT2D eigenvalue weighted by Gasteiger charge is -2.22. The SMILES string of the molecule is CCCCCCCCC(CCCCCC)C(=O)OCCCCCCOC(=O)CCC(NC(=O)C(CCCCNC(=O)OCCOC)NC(=O)OCCOC)C(=O)OCCCCCCOC(=O)C(CCCCCC)CCCCCCCC. The molecule has 0 saturated heterocycles. The Morgan fingerprint density at radius 2 is 0.691 bits per heavy atom. The Hall–Kier alpha value is -4.19. The molecule has 4 unspecified atom stereocenters. The number of hydrogen-bond donors (Lipinski definition) is 3. The Morgan fingerprint density at radius 3 is 1.14 bits per heavy atom. The molecular formula is C63H117N3O15. The van der Waals surface area contributed by atoms with Gasteiger partial charge in [0.15, 0.2) is 0 Å². The van der Waals surface area contributed by atoms with Gasteiger partial charge in [-0.05, 0) is 103 Å². The molecule has 3 amide bonds. The third-order valence-corrected chi connectivity index (χ3v) is 14.4. The van der Waals surface area contributed by atoms with E-state index in [4.69, 9.17) is 37.9 Å². The number of nitrogens with one attached hydrogen (secondary N) is 3. The first kappa shape index (κ1) is 76.8. The van der Waals surface area contributed by atoms with Crippen LogP contribution in [0.5, 0.6) is 0 Å². The molecule has 18 nitrogen and oxygen atoms in total. The number of rotatable bonds is 58. The monoisotopic (exact) mass is 1160 g/mol. The van der Waals surface area contributed by atoms with Gasteiger partial charge >= 0.3 is 36.1 Å². The molecule has 0 aliphatic rings. The Labute approximate surface area is 490 Å². The van der Waals surface area contributed by atoms with Gasteiger partial charge in [-0.15, -0.1) is 0 Å². The van der Waals surface area contributed by atoms with E-state index in [2.05, 4.69) is 43.6 Å². The van der Waals surface area contributed by atoms with Crippen molar-refractivity contribution < 1.29 is 71.5 Å². The molecule has 0 aromatic carbocycles. The summed E-state index contributed by atoms with van der Waals surface area (Å²) in [5.74, 6) is -2.23. The fourth-order valence-corrected chi connectivity index (χ4v) is 9.35. The van der Waals surface area contributed by atoms with Gasteiger partial charge in [0.25, 0.3) is 0 Å². The maximum absolute atomic E-state index is 13.9. The van der Waals surface area contributed by atoms with Crippen LogP contribution in [0.3, 0.4) is 0 Å². The van der Waals surface area contributed by atoms with Crippen molar-refractivity contribution >= 4 is 42.0 Å². The van der Waals surface area contributed by atoms with Crippen molar-refractivity contribution in [1.29, 1.82) is 0 Å². The van der Waals surface area contributed by atoms with Gasteiger partial charge < -0.3 is 53.8 Å². The van der Waals surface area contributed by atoms with E-state index in [-0.39, 0.29) is 89.2 Å². The molecule has 0 aliphatic heterocycles. The first-order chi connectivity index (χ1) is 39.5. The molecule has 81 heavy (non-hydrogen) atoms. The maximum Gasteiger partial charge on any atom is 0.407 e. The summed E-state index contributed by atoms with van der Waals surface area (Å²) in [5, 5.41) is 7.91. The van der Waals surface area contributed by atoms with Crippen LogP contribution >= 0.6 is 0 Å². The summed E-state index contributed by atoms with van der Waals surface area (Å²) in [4.78, 5) is 91.5. The number of amides is 3. The van der Waals surface area contributed by atoms with E-state index in [1.165, 1.54) is 78.4 Å². The molecule has 0 bridgehead atoms. The van der Waals surface area contributed by atoms with Crippen molar-refractivity contribution in [3.05, 3.63) is 0 Å². The third kappa shape index (κ3) is 47.9. The van der Waals surface area contributed by atoms with Crippen LogP contribution in [0.4, 0.5) is 9.59 Å². The largest absolute Gasteiger partial charge is 0.466 e. The molecule has 0 rings (SSSR count). The lowest BCUT2D eigenvalue weighted by atomic mass is 9.94. The van der Waals surface area contributed by atoms with E-state index >= 15 is 0 Å². The number of methoxy groups -OCH3 is 2. The highest BCUT2D eigenvalue weighted by Crippen LogP contribution is 2.23. The molecule has 0 aromatic rings. The van der Waals surface area contributed by atoms with Crippen LogP contribution in [0.25, 0.3) is 0 Å². The summed E-state index contributed by atoms with van der Waals surface area (Å²) in [6, 6.07) is -2.37. The minimum atomic E-state index is -1.24. The second-order valence-electron chi connectivity index (χ2n) is 21.7. The zero-order valence-corrected chi connectivity index (χ0v) is 52.0. The number of alkyl carbamates (subject to hydrolysis) is 2. The minimum Gasteiger partial charge on any atom is -0.466 e. The predicted molar refractivity (Wildman–Crippen MR) is 318 cm³/mol. The van der Waals surface area contributed by atoms with Crippen molar-refractivity contribution in [1.82, 2.24) is 16.0 Å². The maximum atomic E-state index is 13.9. The van der Waals surface area contributed by atoms with Crippen molar-refractivity contribution in [2.24, 2.45) is 11.8 Å². The number of carbonyl (C=O) groups is 7. The summed E-state index contributed by atoms with van der Waals surface area (Å²) < 4.78 is 42.7. The molecule has 18 heteroatoms. The van der Waals surface area contributed by atoms with Gasteiger partial charge in [0.05, 0.1) is 51.5 Å². The molecule has 3 N–H and O–H groups in total. The second kappa shape index (κ2) is 57.6. The average Bonchev–Trinajstić information content (AvgIpc) is 3.45. The quantitative estimate of drug-likeness (QED) is 0.0292. The molecule has 0 spiro atoms. The number of esters is 4. The van der Waals surface area contributed by atoms with Gasteiger partial charge in [-0.2, -0.15) is 0 Å². The molecule has 0 aromatic heterocycles. The molecule has 474 valence electrons. The minimum absolute atomic E-state index is 0.0389. The van der Waals surface area contributed by atoms with E-state index < -0.39 is 42.1 Å². The summed E-state index contributed by atoms with van der Waals surface area (Å²) in [5.41, 5.74) is 0. The second-order valence-corrected chi connectivity index (χ2v) is 21.7. The van der Waals surface area contributed by atoms with Gasteiger partial charge in [0, 0.05) is 27.2 Å². The standard InChI is InChI=1S/C63H117N3O15/c1-7-11-15-19-21-29-39-53(37-27-17-13-9-3)59(69)77-46-34-24-23-33-45-76-57(67)43-42-56(65-58(68)55(66-63(73)81-52-50-75-6)41-31-32-44-64-62(72)80-51-49-74-5)61(71)79-48-36-26-25-35-47-78-60(70)54(38-28-18-14-10-4)40-30-22-20-16-12-8-2/h53-56H,7-52H2,1-6H3,(H,64,72)(H,65,68)(H,66,73). The zero-order chi connectivity index (χ0) is 59.7. The Kier molecular flexibility index (Phi) is 54.6. The van der Waals surface area contributed by atoms with Gasteiger partial charge in [-0.3, -0.25) is 19.2 Å². The van der Waals surface area contributed by atoms with Gasteiger partial charge in [-0.1, -0.05) is 156 Å². The van der Waals surface area contributed by atoms with Crippen LogP contribution in [0.1, 0.15) is 265 Å². The lowest BCUT2D eigenvalue weighted by Crippen LogP contribution is -2.52. The van der Waals surface area contributed by atoms with Crippen molar-refractivity contribution in [3.63, 3.8) is 0 Å². The fraction of sp³-hybridized carbons (Fsp3) is 0.889. The van der Waals surface area contributed by atoms with Crippen LogP contribution in [0, 0.1) is 11.8 Å². The number of hydrogen-bond acceptors (Lipinski definition) is 15. The first-order valence-electron chi connectivity index (χ1n) is 32.2. The number of ether oxygens (including phenoxy) is 8. The lowest BCUT2D eigenvalue weighted by molar-refractivity contribution is -0.150. The van der Waals surface area contributed by atoms with Crippen molar-refractivity contribution in [2.75, 3.05) is 73.6 Å². The summed E-state index contributed by atoms with van der Waals surface area (Å²) >= 11 is 0. The van der Waals surface area contributed by atoms with Gasteiger partial charge in [0.2, 0.25) is 5.91 Å². The third-order valence-electron chi connectivity index (χ3n) is 14.4. The highest BCUT2D eigenvalue weighted by Gasteiger charge is 2.29. The summed E-state index contributed by atoms with van der Waals surface area (Å²) in [7, 11) is 2.96. The van der Waals surface area contributed by atoms with Gasteiger partial charge in [-0.25, -0.2) is 14.4 Å². The molecule has 0 saturated carbocycles. The Bertz CT molecular complexity index is 1550. The van der Waals surface area contributed by atoms with Crippen LogP contribution in [-0.4, -0.2) is 128 Å². The van der Waals surface area contributed by atoms with Crippen LogP contribution in [0.2, 0.25) is 0 Å². The number of unbranched alkanes of at least 4 members (excludes halogenated alkanes) is 23. The summed E-state index contributed by atoms with van der Waals surface area (Å²) in [6.45, 7) is 10.4.